The van der Waals surface area contributed by atoms with Crippen molar-refractivity contribution in [3.63, 3.8) is 0 Å². The predicted octanol–water partition coefficient (Wildman–Crippen LogP) is 2.03. The molecule has 1 fully saturated rings. The molecule has 1 heterocycles. The number of benzene rings is 2. The summed E-state index contributed by atoms with van der Waals surface area (Å²) in [5, 5.41) is 11.4. The lowest BCUT2D eigenvalue weighted by atomic mass is 10.2. The van der Waals surface area contributed by atoms with Gasteiger partial charge in [-0.3, -0.25) is 10.1 Å². The van der Waals surface area contributed by atoms with Crippen LogP contribution in [0.1, 0.15) is 0 Å². The average Bonchev–Trinajstić information content (AvgIpc) is 2.64. The number of halogens is 1. The summed E-state index contributed by atoms with van der Waals surface area (Å²) in [7, 11) is 0. The van der Waals surface area contributed by atoms with Gasteiger partial charge in [0.15, 0.2) is 0 Å². The molecule has 0 aliphatic carbocycles. The number of para-hydroxylation sites is 1. The van der Waals surface area contributed by atoms with Gasteiger partial charge in [-0.25, -0.2) is 0 Å². The molecule has 7 heteroatoms. The highest BCUT2D eigenvalue weighted by Gasteiger charge is 2.20. The van der Waals surface area contributed by atoms with Crippen molar-refractivity contribution in [3.8, 4) is 5.75 Å². The van der Waals surface area contributed by atoms with Crippen LogP contribution < -0.4 is 14.5 Å². The molecule has 0 atom stereocenters. The number of nitrogens with zero attached hydrogens (tertiary/aromatic N) is 2. The second kappa shape index (κ2) is 8.18. The first-order chi connectivity index (χ1) is 12.1. The maximum atomic E-state index is 10.7. The summed E-state index contributed by atoms with van der Waals surface area (Å²) >= 11 is 6.08. The number of non-ortho nitro benzene ring substituents is 1. The van der Waals surface area contributed by atoms with Crippen LogP contribution in [0.3, 0.4) is 0 Å². The van der Waals surface area contributed by atoms with Crippen molar-refractivity contribution in [2.75, 3.05) is 44.2 Å². The largest absolute Gasteiger partial charge is 0.486 e. The van der Waals surface area contributed by atoms with Crippen molar-refractivity contribution in [3.05, 3.63) is 63.7 Å². The van der Waals surface area contributed by atoms with Gasteiger partial charge in [-0.05, 0) is 24.3 Å². The normalized spacial score (nSPS) is 15.2. The van der Waals surface area contributed by atoms with Crippen LogP contribution in [-0.2, 0) is 0 Å². The molecule has 0 unspecified atom stereocenters. The molecule has 25 heavy (non-hydrogen) atoms. The smallest absolute Gasteiger partial charge is 0.269 e. The number of anilines is 1. The second-order valence-corrected chi connectivity index (χ2v) is 6.45. The van der Waals surface area contributed by atoms with Crippen molar-refractivity contribution >= 4 is 23.0 Å². The van der Waals surface area contributed by atoms with Crippen LogP contribution in [0, 0.1) is 10.1 Å². The minimum Gasteiger partial charge on any atom is -0.486 e. The van der Waals surface area contributed by atoms with Gasteiger partial charge in [-0.15, -0.1) is 0 Å². The zero-order chi connectivity index (χ0) is 17.6. The SMILES string of the molecule is O=[N+]([O-])c1ccc(N2CC[NH+](CCOc3ccccc3Cl)CC2)cc1. The fraction of sp³-hybridized carbons (Fsp3) is 0.333. The van der Waals surface area contributed by atoms with Crippen molar-refractivity contribution in [1.29, 1.82) is 0 Å². The van der Waals surface area contributed by atoms with E-state index >= 15 is 0 Å². The minimum atomic E-state index is -0.370. The number of nitro benzene ring substituents is 1. The Kier molecular flexibility index (Phi) is 5.73. The van der Waals surface area contributed by atoms with E-state index in [-0.39, 0.29) is 10.6 Å². The number of ether oxygens (including phenoxy) is 1. The first-order valence-corrected chi connectivity index (χ1v) is 8.71. The Bertz CT molecular complexity index is 716. The van der Waals surface area contributed by atoms with E-state index in [2.05, 4.69) is 4.90 Å². The number of nitro groups is 1. The molecule has 2 aromatic carbocycles. The highest BCUT2D eigenvalue weighted by atomic mass is 35.5. The van der Waals surface area contributed by atoms with Crippen molar-refractivity contribution in [1.82, 2.24) is 0 Å². The molecule has 1 aliphatic heterocycles. The van der Waals surface area contributed by atoms with Crippen molar-refractivity contribution in [2.24, 2.45) is 0 Å². The van der Waals surface area contributed by atoms with Gasteiger partial charge in [0.25, 0.3) is 5.69 Å². The number of quaternary nitrogens is 1. The lowest BCUT2D eigenvalue weighted by molar-refractivity contribution is -0.900. The van der Waals surface area contributed by atoms with E-state index in [1.54, 1.807) is 12.1 Å². The van der Waals surface area contributed by atoms with Crippen LogP contribution in [0.15, 0.2) is 48.5 Å². The summed E-state index contributed by atoms with van der Waals surface area (Å²) in [5.41, 5.74) is 1.17. The molecular formula is C18H21ClN3O3+. The molecule has 0 aromatic heterocycles. The van der Waals surface area contributed by atoms with E-state index in [1.807, 2.05) is 36.4 Å². The van der Waals surface area contributed by atoms with Gasteiger partial charge in [-0.1, -0.05) is 23.7 Å². The summed E-state index contributed by atoms with van der Waals surface area (Å²) in [4.78, 5) is 14.1. The summed E-state index contributed by atoms with van der Waals surface area (Å²) in [6, 6.07) is 14.3. The Balaban J connectivity index is 1.44. The lowest BCUT2D eigenvalue weighted by Crippen LogP contribution is -3.15. The van der Waals surface area contributed by atoms with Gasteiger partial charge in [0, 0.05) is 17.8 Å². The zero-order valence-electron chi connectivity index (χ0n) is 13.9. The maximum absolute atomic E-state index is 10.7. The first kappa shape index (κ1) is 17.5. The first-order valence-electron chi connectivity index (χ1n) is 8.34. The third-order valence-electron chi connectivity index (χ3n) is 4.45. The maximum Gasteiger partial charge on any atom is 0.269 e. The molecule has 1 saturated heterocycles. The summed E-state index contributed by atoms with van der Waals surface area (Å²) in [6.07, 6.45) is 0. The molecular weight excluding hydrogens is 342 g/mol. The molecule has 0 radical (unpaired) electrons. The number of hydrogen-bond donors (Lipinski definition) is 1. The van der Waals surface area contributed by atoms with E-state index in [0.29, 0.717) is 11.6 Å². The quantitative estimate of drug-likeness (QED) is 0.631. The Morgan fingerprint density at radius 3 is 2.44 bits per heavy atom. The molecule has 0 amide bonds. The lowest BCUT2D eigenvalue weighted by Gasteiger charge is -2.33. The Labute approximate surface area is 151 Å². The Hall–Kier alpha value is -2.31. The van der Waals surface area contributed by atoms with Gasteiger partial charge in [0.1, 0.15) is 18.9 Å². The molecule has 6 nitrogen and oxygen atoms in total. The van der Waals surface area contributed by atoms with E-state index in [9.17, 15) is 10.1 Å². The summed E-state index contributed by atoms with van der Waals surface area (Å²) in [5.74, 6) is 0.730. The van der Waals surface area contributed by atoms with Gasteiger partial charge < -0.3 is 14.5 Å². The van der Waals surface area contributed by atoms with Crippen LogP contribution in [0.25, 0.3) is 0 Å². The van der Waals surface area contributed by atoms with Crippen LogP contribution in [-0.4, -0.2) is 44.3 Å². The van der Waals surface area contributed by atoms with Crippen LogP contribution in [0.4, 0.5) is 11.4 Å². The Morgan fingerprint density at radius 1 is 1.12 bits per heavy atom. The number of nitrogens with one attached hydrogen (secondary N) is 1. The monoisotopic (exact) mass is 362 g/mol. The van der Waals surface area contributed by atoms with Gasteiger partial charge in [-0.2, -0.15) is 0 Å². The standard InChI is InChI=1S/C18H20ClN3O3/c19-17-3-1-2-4-18(17)25-14-13-20-9-11-21(12-10-20)15-5-7-16(8-6-15)22(23)24/h1-8H,9-14H2/p+1. The van der Waals surface area contributed by atoms with Crippen LogP contribution in [0.5, 0.6) is 5.75 Å². The molecule has 0 bridgehead atoms. The van der Waals surface area contributed by atoms with E-state index < -0.39 is 0 Å². The van der Waals surface area contributed by atoms with E-state index in [0.717, 1.165) is 44.2 Å². The Morgan fingerprint density at radius 2 is 1.80 bits per heavy atom. The van der Waals surface area contributed by atoms with Crippen molar-refractivity contribution < 1.29 is 14.6 Å². The van der Waals surface area contributed by atoms with Crippen LogP contribution in [0.2, 0.25) is 5.02 Å². The number of hydrogen-bond acceptors (Lipinski definition) is 4. The zero-order valence-corrected chi connectivity index (χ0v) is 14.6. The molecule has 2 aromatic rings. The fourth-order valence-electron chi connectivity index (χ4n) is 2.98. The second-order valence-electron chi connectivity index (χ2n) is 6.04. The van der Waals surface area contributed by atoms with E-state index in [4.69, 9.17) is 16.3 Å². The molecule has 3 rings (SSSR count). The summed E-state index contributed by atoms with van der Waals surface area (Å²) < 4.78 is 5.76. The molecule has 1 aliphatic rings. The predicted molar refractivity (Wildman–Crippen MR) is 97.8 cm³/mol. The number of rotatable bonds is 6. The van der Waals surface area contributed by atoms with E-state index in [1.165, 1.54) is 4.90 Å². The van der Waals surface area contributed by atoms with Gasteiger partial charge >= 0.3 is 0 Å². The highest BCUT2D eigenvalue weighted by molar-refractivity contribution is 6.32. The minimum absolute atomic E-state index is 0.129. The third kappa shape index (κ3) is 4.61. The molecule has 132 valence electrons. The van der Waals surface area contributed by atoms with Gasteiger partial charge in [0.05, 0.1) is 36.1 Å². The highest BCUT2D eigenvalue weighted by Crippen LogP contribution is 2.22. The fourth-order valence-corrected chi connectivity index (χ4v) is 3.17. The van der Waals surface area contributed by atoms with Crippen LogP contribution >= 0.6 is 11.6 Å². The number of piperazine rings is 1. The average molecular weight is 363 g/mol. The molecule has 0 spiro atoms. The molecule has 1 N–H and O–H groups in total. The van der Waals surface area contributed by atoms with Gasteiger partial charge in [0.2, 0.25) is 0 Å². The third-order valence-corrected chi connectivity index (χ3v) is 4.76. The molecule has 0 saturated carbocycles. The van der Waals surface area contributed by atoms with Crippen molar-refractivity contribution in [2.45, 2.75) is 0 Å². The summed E-state index contributed by atoms with van der Waals surface area (Å²) in [6.45, 7) is 5.46. The topological polar surface area (TPSA) is 60.0 Å².